The topological polar surface area (TPSA) is 139 Å². The first-order valence-electron chi connectivity index (χ1n) is 6.70. The molecular weight excluding hydrogens is 268 g/mol. The monoisotopic (exact) mass is 290 g/mol. The summed E-state index contributed by atoms with van der Waals surface area (Å²) in [5, 5.41) is 43.3. The van der Waals surface area contributed by atoms with E-state index >= 15 is 0 Å². The molecule has 8 nitrogen and oxygen atoms in total. The van der Waals surface area contributed by atoms with Crippen LogP contribution in [0, 0.1) is 0 Å². The van der Waals surface area contributed by atoms with Crippen molar-refractivity contribution in [3.63, 3.8) is 0 Å². The van der Waals surface area contributed by atoms with Gasteiger partial charge in [0, 0.05) is 19.5 Å². The average molecular weight is 290 g/mol. The highest BCUT2D eigenvalue weighted by Crippen LogP contribution is 2.07. The molecule has 0 aliphatic carbocycles. The van der Waals surface area contributed by atoms with Crippen molar-refractivity contribution in [3.05, 3.63) is 0 Å². The van der Waals surface area contributed by atoms with Crippen LogP contribution in [-0.4, -0.2) is 69.7 Å². The summed E-state index contributed by atoms with van der Waals surface area (Å²) < 4.78 is 0. The minimum absolute atomic E-state index is 0.257. The maximum atomic E-state index is 11.5. The van der Waals surface area contributed by atoms with Crippen molar-refractivity contribution in [1.29, 1.82) is 0 Å². The van der Waals surface area contributed by atoms with Crippen molar-refractivity contribution in [1.82, 2.24) is 10.6 Å². The van der Waals surface area contributed by atoms with Gasteiger partial charge in [0.05, 0.1) is 6.10 Å². The molecule has 1 heterocycles. The van der Waals surface area contributed by atoms with Crippen LogP contribution in [0.5, 0.6) is 0 Å². The molecule has 0 bridgehead atoms. The Morgan fingerprint density at radius 1 is 0.900 bits per heavy atom. The Labute approximate surface area is 116 Å². The lowest BCUT2D eigenvalue weighted by Crippen LogP contribution is -2.53. The van der Waals surface area contributed by atoms with E-state index in [2.05, 4.69) is 10.6 Å². The van der Waals surface area contributed by atoms with Gasteiger partial charge >= 0.3 is 0 Å². The van der Waals surface area contributed by atoms with E-state index in [1.165, 1.54) is 0 Å². The Morgan fingerprint density at radius 2 is 1.60 bits per heavy atom. The van der Waals surface area contributed by atoms with Gasteiger partial charge in [0.25, 0.3) is 5.91 Å². The Balaban J connectivity index is 2.67. The van der Waals surface area contributed by atoms with Gasteiger partial charge in [-0.15, -0.1) is 0 Å². The van der Waals surface area contributed by atoms with Gasteiger partial charge in [0.15, 0.2) is 6.10 Å². The second-order valence-corrected chi connectivity index (χ2v) is 4.90. The highest BCUT2D eigenvalue weighted by atomic mass is 16.4. The predicted octanol–water partition coefficient (Wildman–Crippen LogP) is -2.76. The third-order valence-electron chi connectivity index (χ3n) is 3.22. The Hall–Kier alpha value is -1.22. The number of carbonyl (C=O) groups is 2. The first-order chi connectivity index (χ1) is 9.43. The number of aliphatic hydroxyl groups is 4. The van der Waals surface area contributed by atoms with Crippen LogP contribution in [0.15, 0.2) is 0 Å². The van der Waals surface area contributed by atoms with Gasteiger partial charge in [-0.2, -0.15) is 0 Å². The van der Waals surface area contributed by atoms with E-state index in [9.17, 15) is 30.0 Å². The SMILES string of the molecule is O=C1CCCCCNC(=O)[C@@H](O)[C@@H](O)[C@H](O)[C@H](O)CN1. The van der Waals surface area contributed by atoms with Crippen LogP contribution in [0.3, 0.4) is 0 Å². The van der Waals surface area contributed by atoms with E-state index in [0.717, 1.165) is 6.42 Å². The van der Waals surface area contributed by atoms with E-state index in [1.54, 1.807) is 0 Å². The molecule has 2 amide bonds. The van der Waals surface area contributed by atoms with Crippen LogP contribution < -0.4 is 10.6 Å². The molecule has 1 rings (SSSR count). The fourth-order valence-corrected chi connectivity index (χ4v) is 1.90. The van der Waals surface area contributed by atoms with Gasteiger partial charge in [0.1, 0.15) is 12.2 Å². The van der Waals surface area contributed by atoms with E-state index < -0.39 is 30.3 Å². The molecule has 0 radical (unpaired) electrons. The molecule has 4 atom stereocenters. The van der Waals surface area contributed by atoms with Gasteiger partial charge in [-0.1, -0.05) is 6.42 Å². The number of carbonyl (C=O) groups excluding carboxylic acids is 2. The highest BCUT2D eigenvalue weighted by Gasteiger charge is 2.34. The van der Waals surface area contributed by atoms with Crippen molar-refractivity contribution >= 4 is 11.8 Å². The molecule has 0 saturated carbocycles. The molecule has 1 aliphatic rings. The molecule has 0 aromatic heterocycles. The summed E-state index contributed by atoms with van der Waals surface area (Å²) in [5.74, 6) is -1.06. The lowest BCUT2D eigenvalue weighted by Gasteiger charge is -2.26. The van der Waals surface area contributed by atoms with E-state index in [1.807, 2.05) is 0 Å². The molecule has 0 aromatic carbocycles. The molecule has 116 valence electrons. The van der Waals surface area contributed by atoms with E-state index in [4.69, 9.17) is 0 Å². The van der Waals surface area contributed by atoms with Gasteiger partial charge in [-0.25, -0.2) is 0 Å². The van der Waals surface area contributed by atoms with Crippen LogP contribution in [0.25, 0.3) is 0 Å². The summed E-state index contributed by atoms with van der Waals surface area (Å²) in [7, 11) is 0. The Morgan fingerprint density at radius 3 is 2.30 bits per heavy atom. The zero-order valence-electron chi connectivity index (χ0n) is 11.2. The molecule has 1 saturated heterocycles. The first kappa shape index (κ1) is 16.8. The van der Waals surface area contributed by atoms with E-state index in [-0.39, 0.29) is 12.5 Å². The quantitative estimate of drug-likeness (QED) is 0.286. The zero-order valence-corrected chi connectivity index (χ0v) is 11.2. The van der Waals surface area contributed by atoms with Gasteiger partial charge < -0.3 is 31.1 Å². The van der Waals surface area contributed by atoms with Crippen molar-refractivity contribution in [2.45, 2.75) is 50.1 Å². The standard InChI is InChI=1S/C12H22N2O6/c15-7-6-14-8(16)4-2-1-3-5-13-12(20)11(19)10(18)9(7)17/h7,9-11,15,17-19H,1-6H2,(H,13,20)(H,14,16)/t7-,9-,10+,11+/m1/s1. The van der Waals surface area contributed by atoms with Crippen molar-refractivity contribution in [3.8, 4) is 0 Å². The predicted molar refractivity (Wildman–Crippen MR) is 68.5 cm³/mol. The lowest BCUT2D eigenvalue weighted by molar-refractivity contribution is -0.147. The molecule has 20 heavy (non-hydrogen) atoms. The van der Waals surface area contributed by atoms with Crippen molar-refractivity contribution in [2.75, 3.05) is 13.1 Å². The van der Waals surface area contributed by atoms with E-state index in [0.29, 0.717) is 25.8 Å². The molecule has 0 unspecified atom stereocenters. The zero-order chi connectivity index (χ0) is 15.1. The van der Waals surface area contributed by atoms with Crippen LogP contribution >= 0.6 is 0 Å². The number of β-amino-alcohol motifs (C(OH)–C–C–N with tert-alkyl or cyclic N) is 1. The summed E-state index contributed by atoms with van der Waals surface area (Å²) in [6.07, 6.45) is -4.56. The number of aliphatic hydroxyl groups excluding tert-OH is 4. The third-order valence-corrected chi connectivity index (χ3v) is 3.22. The number of nitrogens with one attached hydrogen (secondary N) is 2. The maximum absolute atomic E-state index is 11.5. The smallest absolute Gasteiger partial charge is 0.251 e. The molecular formula is C12H22N2O6. The molecule has 1 aliphatic heterocycles. The van der Waals surface area contributed by atoms with Crippen LogP contribution in [0.2, 0.25) is 0 Å². The summed E-state index contributed by atoms with van der Waals surface area (Å²) in [6, 6.07) is 0. The second kappa shape index (κ2) is 8.15. The molecule has 6 N–H and O–H groups in total. The molecule has 0 spiro atoms. The summed E-state index contributed by atoms with van der Waals surface area (Å²) in [4.78, 5) is 22.9. The maximum Gasteiger partial charge on any atom is 0.251 e. The summed E-state index contributed by atoms with van der Waals surface area (Å²) in [5.41, 5.74) is 0. The van der Waals surface area contributed by atoms with Crippen LogP contribution in [0.1, 0.15) is 25.7 Å². The van der Waals surface area contributed by atoms with Crippen molar-refractivity contribution in [2.24, 2.45) is 0 Å². The minimum Gasteiger partial charge on any atom is -0.388 e. The number of hydrogen-bond donors (Lipinski definition) is 6. The van der Waals surface area contributed by atoms with Crippen LogP contribution in [-0.2, 0) is 9.59 Å². The molecule has 1 fully saturated rings. The van der Waals surface area contributed by atoms with Gasteiger partial charge in [-0.3, -0.25) is 9.59 Å². The normalized spacial score (nSPS) is 34.8. The summed E-state index contributed by atoms with van der Waals surface area (Å²) in [6.45, 7) is 0.0499. The summed E-state index contributed by atoms with van der Waals surface area (Å²) >= 11 is 0. The average Bonchev–Trinajstić information content (AvgIpc) is 2.44. The third kappa shape index (κ3) is 5.04. The molecule has 8 heteroatoms. The number of hydrogen-bond acceptors (Lipinski definition) is 6. The number of rotatable bonds is 0. The number of amides is 2. The highest BCUT2D eigenvalue weighted by molar-refractivity contribution is 5.81. The van der Waals surface area contributed by atoms with Gasteiger partial charge in [-0.05, 0) is 12.8 Å². The van der Waals surface area contributed by atoms with Crippen LogP contribution in [0.4, 0.5) is 0 Å². The van der Waals surface area contributed by atoms with Crippen molar-refractivity contribution < 1.29 is 30.0 Å². The largest absolute Gasteiger partial charge is 0.388 e. The lowest BCUT2D eigenvalue weighted by atomic mass is 10.0. The Bertz CT molecular complexity index is 338. The van der Waals surface area contributed by atoms with Gasteiger partial charge in [0.2, 0.25) is 5.91 Å². The minimum atomic E-state index is -1.83. The molecule has 0 aromatic rings. The second-order valence-electron chi connectivity index (χ2n) is 4.90. The fourth-order valence-electron chi connectivity index (χ4n) is 1.90. The Kier molecular flexibility index (Phi) is 6.86. The fraction of sp³-hybridized carbons (Fsp3) is 0.833. The first-order valence-corrected chi connectivity index (χ1v) is 6.70.